The van der Waals surface area contributed by atoms with E-state index in [1.165, 1.54) is 19.3 Å². The molecule has 2 atom stereocenters. The summed E-state index contributed by atoms with van der Waals surface area (Å²) in [5.74, 6) is 0.343. The molecule has 0 aliphatic heterocycles. The van der Waals surface area contributed by atoms with Crippen LogP contribution < -0.4 is 0 Å². The number of aliphatic hydroxyl groups excluding tert-OH is 2. The Kier molecular flexibility index (Phi) is 13.2. The van der Waals surface area contributed by atoms with E-state index in [-0.39, 0.29) is 12.7 Å². The molecule has 0 aromatic rings. The first-order valence-electron chi connectivity index (χ1n) is 7.20. The van der Waals surface area contributed by atoms with E-state index < -0.39 is 0 Å². The number of ether oxygens (including phenoxy) is 2. The van der Waals surface area contributed by atoms with Crippen molar-refractivity contribution in [1.82, 2.24) is 0 Å². The quantitative estimate of drug-likeness (QED) is 0.498. The van der Waals surface area contributed by atoms with Crippen molar-refractivity contribution in [3.63, 3.8) is 0 Å². The highest BCUT2D eigenvalue weighted by atomic mass is 16.5. The lowest BCUT2D eigenvalue weighted by Crippen LogP contribution is -2.26. The molecule has 0 bridgehead atoms. The SMILES string of the molecule is CCCCCC(CC)C(O)COCCOCCO. The molecule has 4 heteroatoms. The number of hydrogen-bond acceptors (Lipinski definition) is 4. The highest BCUT2D eigenvalue weighted by Gasteiger charge is 2.16. The molecule has 0 radical (unpaired) electrons. The van der Waals surface area contributed by atoms with E-state index in [2.05, 4.69) is 13.8 Å². The fourth-order valence-electron chi connectivity index (χ4n) is 1.95. The van der Waals surface area contributed by atoms with Crippen LogP contribution in [0.15, 0.2) is 0 Å². The van der Waals surface area contributed by atoms with Crippen LogP contribution in [0.25, 0.3) is 0 Å². The second-order valence-corrected chi connectivity index (χ2v) is 4.64. The molecule has 0 fully saturated rings. The van der Waals surface area contributed by atoms with Gasteiger partial charge in [0.05, 0.1) is 39.1 Å². The van der Waals surface area contributed by atoms with Crippen LogP contribution in [0.3, 0.4) is 0 Å². The van der Waals surface area contributed by atoms with Crippen molar-refractivity contribution in [2.24, 2.45) is 5.92 Å². The third kappa shape index (κ3) is 9.83. The maximum Gasteiger partial charge on any atom is 0.0801 e. The third-order valence-electron chi connectivity index (χ3n) is 3.14. The zero-order valence-electron chi connectivity index (χ0n) is 11.9. The Morgan fingerprint density at radius 2 is 1.72 bits per heavy atom. The van der Waals surface area contributed by atoms with Crippen LogP contribution >= 0.6 is 0 Å². The molecule has 0 aromatic carbocycles. The maximum absolute atomic E-state index is 10.0. The average Bonchev–Trinajstić information content (AvgIpc) is 2.38. The average molecular weight is 262 g/mol. The highest BCUT2D eigenvalue weighted by Crippen LogP contribution is 2.17. The lowest BCUT2D eigenvalue weighted by molar-refractivity contribution is -0.0227. The maximum atomic E-state index is 10.0. The molecule has 0 heterocycles. The Morgan fingerprint density at radius 1 is 1.00 bits per heavy atom. The summed E-state index contributed by atoms with van der Waals surface area (Å²) < 4.78 is 10.4. The number of aliphatic hydroxyl groups is 2. The van der Waals surface area contributed by atoms with Gasteiger partial charge >= 0.3 is 0 Å². The van der Waals surface area contributed by atoms with Crippen molar-refractivity contribution in [1.29, 1.82) is 0 Å². The lowest BCUT2D eigenvalue weighted by Gasteiger charge is -2.21. The molecular weight excluding hydrogens is 232 g/mol. The fourth-order valence-corrected chi connectivity index (χ4v) is 1.95. The van der Waals surface area contributed by atoms with Crippen molar-refractivity contribution in [3.05, 3.63) is 0 Å². The highest BCUT2D eigenvalue weighted by molar-refractivity contribution is 4.67. The summed E-state index contributed by atoms with van der Waals surface area (Å²) in [6, 6.07) is 0. The van der Waals surface area contributed by atoms with Crippen LogP contribution in [0.2, 0.25) is 0 Å². The molecule has 0 aliphatic rings. The molecule has 0 spiro atoms. The minimum atomic E-state index is -0.371. The van der Waals surface area contributed by atoms with Crippen LogP contribution in [0, 0.1) is 5.92 Å². The zero-order chi connectivity index (χ0) is 13.6. The molecule has 0 aromatic heterocycles. The molecule has 0 aliphatic carbocycles. The van der Waals surface area contributed by atoms with Gasteiger partial charge < -0.3 is 19.7 Å². The van der Waals surface area contributed by atoms with Gasteiger partial charge in [-0.05, 0) is 12.3 Å². The second-order valence-electron chi connectivity index (χ2n) is 4.64. The van der Waals surface area contributed by atoms with Crippen molar-refractivity contribution < 1.29 is 19.7 Å². The largest absolute Gasteiger partial charge is 0.394 e. The first-order chi connectivity index (χ1) is 8.76. The van der Waals surface area contributed by atoms with Crippen LogP contribution in [-0.2, 0) is 9.47 Å². The Hall–Kier alpha value is -0.160. The Balaban J connectivity index is 3.53. The van der Waals surface area contributed by atoms with E-state index in [9.17, 15) is 5.11 Å². The van der Waals surface area contributed by atoms with Gasteiger partial charge in [0.1, 0.15) is 0 Å². The second kappa shape index (κ2) is 13.3. The van der Waals surface area contributed by atoms with Gasteiger partial charge in [0.25, 0.3) is 0 Å². The van der Waals surface area contributed by atoms with Gasteiger partial charge in [-0.2, -0.15) is 0 Å². The predicted octanol–water partition coefficient (Wildman–Crippen LogP) is 1.98. The van der Waals surface area contributed by atoms with Gasteiger partial charge in [0.15, 0.2) is 0 Å². The molecule has 2 N–H and O–H groups in total. The molecule has 4 nitrogen and oxygen atoms in total. The third-order valence-corrected chi connectivity index (χ3v) is 3.14. The normalized spacial score (nSPS) is 14.7. The smallest absolute Gasteiger partial charge is 0.0801 e. The number of rotatable bonds is 13. The molecule has 2 unspecified atom stereocenters. The van der Waals surface area contributed by atoms with Crippen molar-refractivity contribution in [2.45, 2.75) is 52.1 Å². The zero-order valence-corrected chi connectivity index (χ0v) is 11.9. The van der Waals surface area contributed by atoms with E-state index >= 15 is 0 Å². The van der Waals surface area contributed by atoms with Gasteiger partial charge in [0.2, 0.25) is 0 Å². The van der Waals surface area contributed by atoms with E-state index in [0.29, 0.717) is 32.3 Å². The van der Waals surface area contributed by atoms with E-state index in [1.54, 1.807) is 0 Å². The van der Waals surface area contributed by atoms with Crippen LogP contribution in [0.1, 0.15) is 46.0 Å². The minimum absolute atomic E-state index is 0.0396. The van der Waals surface area contributed by atoms with E-state index in [1.807, 2.05) is 0 Å². The molecule has 0 saturated heterocycles. The van der Waals surface area contributed by atoms with E-state index in [4.69, 9.17) is 14.6 Å². The van der Waals surface area contributed by atoms with Gasteiger partial charge in [-0.1, -0.05) is 39.5 Å². The summed E-state index contributed by atoms with van der Waals surface area (Å²) in [7, 11) is 0. The van der Waals surface area contributed by atoms with Gasteiger partial charge in [-0.25, -0.2) is 0 Å². The molecule has 0 rings (SSSR count). The first-order valence-corrected chi connectivity index (χ1v) is 7.20. The lowest BCUT2D eigenvalue weighted by atomic mass is 9.93. The summed E-state index contributed by atoms with van der Waals surface area (Å²) in [5, 5.41) is 18.5. The first kappa shape index (κ1) is 17.8. The Bertz CT molecular complexity index is 164. The predicted molar refractivity (Wildman–Crippen MR) is 72.7 cm³/mol. The molecule has 18 heavy (non-hydrogen) atoms. The summed E-state index contributed by atoms with van der Waals surface area (Å²) in [6.45, 7) is 6.02. The van der Waals surface area contributed by atoms with Crippen LogP contribution in [0.4, 0.5) is 0 Å². The van der Waals surface area contributed by atoms with Crippen molar-refractivity contribution >= 4 is 0 Å². The monoisotopic (exact) mass is 262 g/mol. The number of hydrogen-bond donors (Lipinski definition) is 2. The fraction of sp³-hybridized carbons (Fsp3) is 1.00. The summed E-state index contributed by atoms with van der Waals surface area (Å²) in [5.41, 5.74) is 0. The van der Waals surface area contributed by atoms with Crippen LogP contribution in [0.5, 0.6) is 0 Å². The van der Waals surface area contributed by atoms with Gasteiger partial charge in [-0.3, -0.25) is 0 Å². The van der Waals surface area contributed by atoms with Crippen molar-refractivity contribution in [2.75, 3.05) is 33.0 Å². The van der Waals surface area contributed by atoms with E-state index in [0.717, 1.165) is 12.8 Å². The molecule has 0 amide bonds. The molecule has 0 saturated carbocycles. The minimum Gasteiger partial charge on any atom is -0.394 e. The van der Waals surface area contributed by atoms with Crippen LogP contribution in [-0.4, -0.2) is 49.4 Å². The standard InChI is InChI=1S/C14H30O4/c1-3-5-6-7-13(4-2)14(16)12-18-11-10-17-9-8-15/h13-16H,3-12H2,1-2H3. The summed E-state index contributed by atoms with van der Waals surface area (Å²) in [6.07, 6.45) is 5.34. The summed E-state index contributed by atoms with van der Waals surface area (Å²) >= 11 is 0. The Morgan fingerprint density at radius 3 is 2.33 bits per heavy atom. The van der Waals surface area contributed by atoms with Gasteiger partial charge in [0, 0.05) is 0 Å². The molecule has 110 valence electrons. The molecular formula is C14H30O4. The van der Waals surface area contributed by atoms with Gasteiger partial charge in [-0.15, -0.1) is 0 Å². The topological polar surface area (TPSA) is 58.9 Å². The van der Waals surface area contributed by atoms with Crippen molar-refractivity contribution in [3.8, 4) is 0 Å². The Labute approximate surface area is 111 Å². The number of unbranched alkanes of at least 4 members (excludes halogenated alkanes) is 2. The summed E-state index contributed by atoms with van der Waals surface area (Å²) in [4.78, 5) is 0.